The first-order valence-electron chi connectivity index (χ1n) is 6.65. The first-order chi connectivity index (χ1) is 9.19. The number of ether oxygens (including phenoxy) is 1. The number of aryl methyl sites for hydroxylation is 1. The van der Waals surface area contributed by atoms with Crippen LogP contribution in [0.15, 0.2) is 18.2 Å². The van der Waals surface area contributed by atoms with Crippen molar-refractivity contribution in [1.29, 1.82) is 0 Å². The highest BCUT2D eigenvalue weighted by molar-refractivity contribution is 6.32. The van der Waals surface area contributed by atoms with Crippen molar-refractivity contribution in [1.82, 2.24) is 5.32 Å². The van der Waals surface area contributed by atoms with Crippen LogP contribution in [0.4, 0.5) is 4.79 Å². The Morgan fingerprint density at radius 3 is 2.70 bits per heavy atom. The molecular weight excluding hydrogens is 276 g/mol. The van der Waals surface area contributed by atoms with Gasteiger partial charge in [-0.3, -0.25) is 0 Å². The Hall–Kier alpha value is -1.26. The quantitative estimate of drug-likeness (QED) is 0.898. The number of halogens is 1. The SMILES string of the molecule is Cc1cccc(CC(N)CNC(=O)OC(C)(C)C)c1Cl. The van der Waals surface area contributed by atoms with E-state index < -0.39 is 11.7 Å². The van der Waals surface area contributed by atoms with Gasteiger partial charge in [0, 0.05) is 17.6 Å². The van der Waals surface area contributed by atoms with Crippen LogP contribution >= 0.6 is 11.6 Å². The van der Waals surface area contributed by atoms with E-state index >= 15 is 0 Å². The number of hydrogen-bond acceptors (Lipinski definition) is 3. The van der Waals surface area contributed by atoms with Crippen molar-refractivity contribution in [3.05, 3.63) is 34.3 Å². The van der Waals surface area contributed by atoms with Crippen molar-refractivity contribution in [2.45, 2.75) is 45.8 Å². The molecule has 0 aliphatic rings. The zero-order valence-corrected chi connectivity index (χ0v) is 13.3. The number of amides is 1. The van der Waals surface area contributed by atoms with Crippen molar-refractivity contribution < 1.29 is 9.53 Å². The van der Waals surface area contributed by atoms with E-state index in [0.717, 1.165) is 16.1 Å². The van der Waals surface area contributed by atoms with Gasteiger partial charge in [0.2, 0.25) is 0 Å². The van der Waals surface area contributed by atoms with Gasteiger partial charge in [0.05, 0.1) is 0 Å². The maximum atomic E-state index is 11.5. The Kier molecular flexibility index (Phi) is 5.84. The van der Waals surface area contributed by atoms with Gasteiger partial charge in [0.15, 0.2) is 0 Å². The fourth-order valence-corrected chi connectivity index (χ4v) is 1.95. The van der Waals surface area contributed by atoms with E-state index in [4.69, 9.17) is 22.1 Å². The van der Waals surface area contributed by atoms with E-state index in [1.807, 2.05) is 45.9 Å². The average Bonchev–Trinajstić information content (AvgIpc) is 2.30. The van der Waals surface area contributed by atoms with Gasteiger partial charge in [0.25, 0.3) is 0 Å². The van der Waals surface area contributed by atoms with Gasteiger partial charge in [0.1, 0.15) is 5.60 Å². The van der Waals surface area contributed by atoms with Crippen LogP contribution in [0.3, 0.4) is 0 Å². The number of nitrogens with one attached hydrogen (secondary N) is 1. The molecule has 1 aromatic rings. The smallest absolute Gasteiger partial charge is 0.407 e. The van der Waals surface area contributed by atoms with Crippen LogP contribution in [0.25, 0.3) is 0 Å². The van der Waals surface area contributed by atoms with E-state index in [0.29, 0.717) is 13.0 Å². The Balaban J connectivity index is 2.46. The summed E-state index contributed by atoms with van der Waals surface area (Å²) in [7, 11) is 0. The van der Waals surface area contributed by atoms with Crippen molar-refractivity contribution in [2.75, 3.05) is 6.54 Å². The number of rotatable bonds is 4. The molecule has 0 bridgehead atoms. The fourth-order valence-electron chi connectivity index (χ4n) is 1.75. The van der Waals surface area contributed by atoms with Gasteiger partial charge in [-0.05, 0) is 45.2 Å². The first-order valence-corrected chi connectivity index (χ1v) is 7.03. The minimum absolute atomic E-state index is 0.207. The second-order valence-electron chi connectivity index (χ2n) is 5.90. The molecule has 0 heterocycles. The zero-order chi connectivity index (χ0) is 15.3. The lowest BCUT2D eigenvalue weighted by molar-refractivity contribution is 0.0524. The monoisotopic (exact) mass is 298 g/mol. The van der Waals surface area contributed by atoms with Gasteiger partial charge < -0.3 is 15.8 Å². The zero-order valence-electron chi connectivity index (χ0n) is 12.5. The molecule has 1 atom stereocenters. The Morgan fingerprint density at radius 1 is 1.45 bits per heavy atom. The molecular formula is C15H23ClN2O2. The van der Waals surface area contributed by atoms with Gasteiger partial charge in [-0.1, -0.05) is 29.8 Å². The Bertz CT molecular complexity index is 469. The van der Waals surface area contributed by atoms with Crippen molar-refractivity contribution in [3.63, 3.8) is 0 Å². The van der Waals surface area contributed by atoms with Crippen LogP contribution in [-0.4, -0.2) is 24.3 Å². The molecule has 3 N–H and O–H groups in total. The number of hydrogen-bond donors (Lipinski definition) is 2. The molecule has 1 amide bonds. The van der Waals surface area contributed by atoms with Crippen LogP contribution in [0.1, 0.15) is 31.9 Å². The summed E-state index contributed by atoms with van der Waals surface area (Å²) in [6.45, 7) is 7.76. The minimum atomic E-state index is -0.506. The number of carbonyl (C=O) groups excluding carboxylic acids is 1. The third-order valence-corrected chi connectivity index (χ3v) is 3.20. The number of benzene rings is 1. The summed E-state index contributed by atoms with van der Waals surface area (Å²) in [4.78, 5) is 11.5. The summed E-state index contributed by atoms with van der Waals surface area (Å²) >= 11 is 6.22. The summed E-state index contributed by atoms with van der Waals surface area (Å²) in [6, 6.07) is 5.64. The van der Waals surface area contributed by atoms with E-state index in [2.05, 4.69) is 5.32 Å². The molecule has 20 heavy (non-hydrogen) atoms. The van der Waals surface area contributed by atoms with Crippen LogP contribution < -0.4 is 11.1 Å². The molecule has 5 heteroatoms. The maximum Gasteiger partial charge on any atom is 0.407 e. The summed E-state index contributed by atoms with van der Waals surface area (Å²) in [5, 5.41) is 3.40. The van der Waals surface area contributed by atoms with Gasteiger partial charge in [-0.25, -0.2) is 4.79 Å². The normalized spacial score (nSPS) is 12.9. The summed E-state index contributed by atoms with van der Waals surface area (Å²) in [5.41, 5.74) is 7.52. The highest BCUT2D eigenvalue weighted by atomic mass is 35.5. The van der Waals surface area contributed by atoms with Gasteiger partial charge in [-0.2, -0.15) is 0 Å². The van der Waals surface area contributed by atoms with Crippen molar-refractivity contribution in [2.24, 2.45) is 5.73 Å². The molecule has 1 aromatic carbocycles. The summed E-state index contributed by atoms with van der Waals surface area (Å²) < 4.78 is 5.15. The molecule has 0 radical (unpaired) electrons. The highest BCUT2D eigenvalue weighted by Gasteiger charge is 2.17. The van der Waals surface area contributed by atoms with Crippen LogP contribution in [-0.2, 0) is 11.2 Å². The lowest BCUT2D eigenvalue weighted by atomic mass is 10.0. The average molecular weight is 299 g/mol. The van der Waals surface area contributed by atoms with Crippen LogP contribution in [0, 0.1) is 6.92 Å². The molecule has 1 unspecified atom stereocenters. The van der Waals surface area contributed by atoms with Crippen molar-refractivity contribution >= 4 is 17.7 Å². The van der Waals surface area contributed by atoms with E-state index in [-0.39, 0.29) is 6.04 Å². The Morgan fingerprint density at radius 2 is 2.10 bits per heavy atom. The second-order valence-corrected chi connectivity index (χ2v) is 6.27. The van der Waals surface area contributed by atoms with Gasteiger partial charge in [-0.15, -0.1) is 0 Å². The molecule has 4 nitrogen and oxygen atoms in total. The molecule has 1 rings (SSSR count). The predicted molar refractivity (Wildman–Crippen MR) is 82.1 cm³/mol. The molecule has 0 aromatic heterocycles. The molecule has 0 aliphatic carbocycles. The fraction of sp³-hybridized carbons (Fsp3) is 0.533. The van der Waals surface area contributed by atoms with Crippen molar-refractivity contribution in [3.8, 4) is 0 Å². The summed E-state index contributed by atoms with van der Waals surface area (Å²) in [6.07, 6.45) is 0.152. The predicted octanol–water partition coefficient (Wildman–Crippen LogP) is 3.04. The molecule has 112 valence electrons. The van der Waals surface area contributed by atoms with Crippen LogP contribution in [0.2, 0.25) is 5.02 Å². The molecule has 0 fully saturated rings. The third kappa shape index (κ3) is 5.80. The topological polar surface area (TPSA) is 64.3 Å². The van der Waals surface area contributed by atoms with Crippen LogP contribution in [0.5, 0.6) is 0 Å². The van der Waals surface area contributed by atoms with E-state index in [1.54, 1.807) is 0 Å². The Labute approximate surface area is 125 Å². The standard InChI is InChI=1S/C15H23ClN2O2/c1-10-6-5-7-11(13(10)16)8-12(17)9-18-14(19)20-15(2,3)4/h5-7,12H,8-9,17H2,1-4H3,(H,18,19). The maximum absolute atomic E-state index is 11.5. The number of alkyl carbamates (subject to hydrolysis) is 1. The number of nitrogens with two attached hydrogens (primary N) is 1. The van der Waals surface area contributed by atoms with E-state index in [9.17, 15) is 4.79 Å². The number of carbonyl (C=O) groups is 1. The highest BCUT2D eigenvalue weighted by Crippen LogP contribution is 2.21. The lowest BCUT2D eigenvalue weighted by Gasteiger charge is -2.21. The second kappa shape index (κ2) is 6.95. The molecule has 0 saturated carbocycles. The lowest BCUT2D eigenvalue weighted by Crippen LogP contribution is -2.41. The molecule has 0 saturated heterocycles. The van der Waals surface area contributed by atoms with E-state index in [1.165, 1.54) is 0 Å². The summed E-state index contributed by atoms with van der Waals surface area (Å²) in [5.74, 6) is 0. The van der Waals surface area contributed by atoms with Gasteiger partial charge >= 0.3 is 6.09 Å². The largest absolute Gasteiger partial charge is 0.444 e. The molecule has 0 aliphatic heterocycles. The molecule has 0 spiro atoms. The third-order valence-electron chi connectivity index (χ3n) is 2.66. The minimum Gasteiger partial charge on any atom is -0.444 e. The first kappa shape index (κ1) is 16.8.